The molecule has 0 bridgehead atoms. The monoisotopic (exact) mass is 322 g/mol. The minimum absolute atomic E-state index is 1.15. The highest BCUT2D eigenvalue weighted by Crippen LogP contribution is 2.34. The molecule has 0 aliphatic rings. The van der Waals surface area contributed by atoms with Crippen molar-refractivity contribution < 1.29 is 0 Å². The minimum Gasteiger partial charge on any atom is -0.0622 e. The van der Waals surface area contributed by atoms with Gasteiger partial charge in [-0.2, -0.15) is 0 Å². The van der Waals surface area contributed by atoms with Crippen LogP contribution in [-0.2, 0) is 0 Å². The predicted molar refractivity (Wildman–Crippen MR) is 89.8 cm³/mol. The molecule has 0 N–H and O–H groups in total. The van der Waals surface area contributed by atoms with Crippen LogP contribution >= 0.6 is 15.9 Å². The van der Waals surface area contributed by atoms with E-state index < -0.39 is 0 Å². The quantitative estimate of drug-likeness (QED) is 0.535. The van der Waals surface area contributed by atoms with Crippen molar-refractivity contribution in [2.75, 3.05) is 0 Å². The van der Waals surface area contributed by atoms with Gasteiger partial charge in [0.25, 0.3) is 0 Å². The van der Waals surface area contributed by atoms with Crippen molar-refractivity contribution in [3.05, 3.63) is 82.8 Å². The third-order valence-electron chi connectivity index (χ3n) is 3.54. The van der Waals surface area contributed by atoms with Crippen LogP contribution in [0.4, 0.5) is 0 Å². The zero-order valence-corrected chi connectivity index (χ0v) is 12.9. The fourth-order valence-corrected chi connectivity index (χ4v) is 2.85. The van der Waals surface area contributed by atoms with Crippen LogP contribution in [0.3, 0.4) is 0 Å². The Labute approximate surface area is 128 Å². The molecular formula is C19H15Br. The summed E-state index contributed by atoms with van der Waals surface area (Å²) in [4.78, 5) is 0. The SMILES string of the molecule is Cc1c(Br)cc(-c2ccccc2)cc1-c1ccccc1. The molecule has 0 heterocycles. The Balaban J connectivity index is 2.19. The average molecular weight is 323 g/mol. The molecule has 0 saturated carbocycles. The Bertz CT molecular complexity index is 716. The third-order valence-corrected chi connectivity index (χ3v) is 4.36. The van der Waals surface area contributed by atoms with Crippen LogP contribution in [0.5, 0.6) is 0 Å². The normalized spacial score (nSPS) is 10.5. The number of hydrogen-bond donors (Lipinski definition) is 0. The highest BCUT2D eigenvalue weighted by atomic mass is 79.9. The van der Waals surface area contributed by atoms with E-state index in [1.165, 1.54) is 27.8 Å². The summed E-state index contributed by atoms with van der Waals surface area (Å²) in [6, 6.07) is 25.5. The molecule has 0 amide bonds. The summed E-state index contributed by atoms with van der Waals surface area (Å²) in [7, 11) is 0. The smallest absolute Gasteiger partial charge is 0.0216 e. The van der Waals surface area contributed by atoms with E-state index in [-0.39, 0.29) is 0 Å². The molecule has 0 aliphatic heterocycles. The molecule has 3 aromatic rings. The Morgan fingerprint density at radius 2 is 1.20 bits per heavy atom. The van der Waals surface area contributed by atoms with Crippen LogP contribution in [-0.4, -0.2) is 0 Å². The van der Waals surface area contributed by atoms with Gasteiger partial charge in [-0.1, -0.05) is 76.6 Å². The lowest BCUT2D eigenvalue weighted by molar-refractivity contribution is 1.42. The highest BCUT2D eigenvalue weighted by Gasteiger charge is 2.08. The van der Waals surface area contributed by atoms with Crippen molar-refractivity contribution in [3.8, 4) is 22.3 Å². The van der Waals surface area contributed by atoms with Crippen molar-refractivity contribution in [2.45, 2.75) is 6.92 Å². The van der Waals surface area contributed by atoms with E-state index in [9.17, 15) is 0 Å². The molecular weight excluding hydrogens is 308 g/mol. The second-order valence-electron chi connectivity index (χ2n) is 4.86. The topological polar surface area (TPSA) is 0 Å². The first-order valence-corrected chi connectivity index (χ1v) is 7.46. The van der Waals surface area contributed by atoms with Gasteiger partial charge in [0.15, 0.2) is 0 Å². The number of benzene rings is 3. The molecule has 0 unspecified atom stereocenters. The number of halogens is 1. The molecule has 3 rings (SSSR count). The maximum absolute atomic E-state index is 3.69. The minimum atomic E-state index is 1.15. The van der Waals surface area contributed by atoms with Crippen molar-refractivity contribution in [1.29, 1.82) is 0 Å². The van der Waals surface area contributed by atoms with Gasteiger partial charge in [-0.3, -0.25) is 0 Å². The molecule has 0 atom stereocenters. The molecule has 0 nitrogen and oxygen atoms in total. The Morgan fingerprint density at radius 1 is 0.650 bits per heavy atom. The van der Waals surface area contributed by atoms with Gasteiger partial charge >= 0.3 is 0 Å². The molecule has 98 valence electrons. The number of hydrogen-bond acceptors (Lipinski definition) is 0. The van der Waals surface area contributed by atoms with Crippen molar-refractivity contribution in [2.24, 2.45) is 0 Å². The maximum atomic E-state index is 3.69. The van der Waals surface area contributed by atoms with Crippen molar-refractivity contribution in [3.63, 3.8) is 0 Å². The van der Waals surface area contributed by atoms with Gasteiger partial charge < -0.3 is 0 Å². The summed E-state index contributed by atoms with van der Waals surface area (Å²) in [6.45, 7) is 2.15. The molecule has 1 heteroatoms. The molecule has 0 saturated heterocycles. The van der Waals surface area contributed by atoms with Crippen LogP contribution in [0.2, 0.25) is 0 Å². The fourth-order valence-electron chi connectivity index (χ4n) is 2.39. The summed E-state index contributed by atoms with van der Waals surface area (Å²) in [5.74, 6) is 0. The summed E-state index contributed by atoms with van der Waals surface area (Å²) < 4.78 is 1.15. The summed E-state index contributed by atoms with van der Waals surface area (Å²) in [5.41, 5.74) is 6.28. The summed E-state index contributed by atoms with van der Waals surface area (Å²) >= 11 is 3.69. The average Bonchev–Trinajstić information content (AvgIpc) is 2.51. The summed E-state index contributed by atoms with van der Waals surface area (Å²) in [5, 5.41) is 0. The molecule has 20 heavy (non-hydrogen) atoms. The van der Waals surface area contributed by atoms with Gasteiger partial charge in [0, 0.05) is 4.47 Å². The largest absolute Gasteiger partial charge is 0.0622 e. The van der Waals surface area contributed by atoms with Crippen LogP contribution in [0.1, 0.15) is 5.56 Å². The first kappa shape index (κ1) is 13.1. The molecule has 0 aliphatic carbocycles. The highest BCUT2D eigenvalue weighted by molar-refractivity contribution is 9.10. The second-order valence-corrected chi connectivity index (χ2v) is 5.72. The van der Waals surface area contributed by atoms with E-state index >= 15 is 0 Å². The van der Waals surface area contributed by atoms with E-state index in [2.05, 4.69) is 89.6 Å². The Hall–Kier alpha value is -1.86. The first-order chi connectivity index (χ1) is 9.75. The van der Waals surface area contributed by atoms with Crippen LogP contribution < -0.4 is 0 Å². The van der Waals surface area contributed by atoms with Gasteiger partial charge in [-0.05, 0) is 46.9 Å². The third kappa shape index (κ3) is 2.54. The van der Waals surface area contributed by atoms with E-state index in [0.717, 1.165) is 4.47 Å². The second kappa shape index (κ2) is 5.64. The van der Waals surface area contributed by atoms with Crippen molar-refractivity contribution >= 4 is 15.9 Å². The first-order valence-electron chi connectivity index (χ1n) is 6.67. The van der Waals surface area contributed by atoms with Gasteiger partial charge in [-0.25, -0.2) is 0 Å². The van der Waals surface area contributed by atoms with Gasteiger partial charge in [-0.15, -0.1) is 0 Å². The molecule has 0 radical (unpaired) electrons. The van der Waals surface area contributed by atoms with Crippen LogP contribution in [0.25, 0.3) is 22.3 Å². The van der Waals surface area contributed by atoms with E-state index in [1.54, 1.807) is 0 Å². The van der Waals surface area contributed by atoms with Gasteiger partial charge in [0.05, 0.1) is 0 Å². The van der Waals surface area contributed by atoms with E-state index in [1.807, 2.05) is 6.07 Å². The maximum Gasteiger partial charge on any atom is 0.0216 e. The van der Waals surface area contributed by atoms with Gasteiger partial charge in [0.1, 0.15) is 0 Å². The van der Waals surface area contributed by atoms with E-state index in [4.69, 9.17) is 0 Å². The molecule has 0 spiro atoms. The lowest BCUT2D eigenvalue weighted by atomic mass is 9.95. The van der Waals surface area contributed by atoms with Gasteiger partial charge in [0.2, 0.25) is 0 Å². The van der Waals surface area contributed by atoms with E-state index in [0.29, 0.717) is 0 Å². The predicted octanol–water partition coefficient (Wildman–Crippen LogP) is 6.09. The number of rotatable bonds is 2. The van der Waals surface area contributed by atoms with Crippen LogP contribution in [0.15, 0.2) is 77.3 Å². The fraction of sp³-hybridized carbons (Fsp3) is 0.0526. The standard InChI is InChI=1S/C19H15Br/c1-14-18(16-10-6-3-7-11-16)12-17(13-19(14)20)15-8-4-2-5-9-15/h2-13H,1H3. The van der Waals surface area contributed by atoms with Crippen LogP contribution in [0, 0.1) is 6.92 Å². The Kier molecular flexibility index (Phi) is 3.70. The van der Waals surface area contributed by atoms with Crippen molar-refractivity contribution in [1.82, 2.24) is 0 Å². The zero-order valence-electron chi connectivity index (χ0n) is 11.3. The molecule has 0 aromatic heterocycles. The Morgan fingerprint density at radius 3 is 1.80 bits per heavy atom. The summed E-state index contributed by atoms with van der Waals surface area (Å²) in [6.07, 6.45) is 0. The zero-order chi connectivity index (χ0) is 13.9. The molecule has 3 aromatic carbocycles. The lowest BCUT2D eigenvalue weighted by Crippen LogP contribution is -1.87. The molecule has 0 fully saturated rings. The lowest BCUT2D eigenvalue weighted by Gasteiger charge is -2.12.